The van der Waals surface area contributed by atoms with Crippen LogP contribution in [0.2, 0.25) is 5.02 Å². The van der Waals surface area contributed by atoms with Crippen molar-refractivity contribution in [1.29, 1.82) is 0 Å². The molecule has 1 N–H and O–H groups in total. The molecule has 18 heavy (non-hydrogen) atoms. The molecule has 2 aliphatic rings. The summed E-state index contributed by atoms with van der Waals surface area (Å²) in [7, 11) is 1.98. The van der Waals surface area contributed by atoms with Crippen LogP contribution in [-0.2, 0) is 5.41 Å². The van der Waals surface area contributed by atoms with Gasteiger partial charge >= 0.3 is 0 Å². The molecule has 0 fully saturated rings. The molecule has 1 aliphatic heterocycles. The van der Waals surface area contributed by atoms with Crippen molar-refractivity contribution >= 4 is 11.6 Å². The van der Waals surface area contributed by atoms with Crippen molar-refractivity contribution in [3.05, 3.63) is 22.2 Å². The Morgan fingerprint density at radius 3 is 2.78 bits per heavy atom. The second-order valence-electron chi connectivity index (χ2n) is 5.60. The number of hydrogen-bond acceptors (Lipinski definition) is 3. The van der Waals surface area contributed by atoms with Crippen molar-refractivity contribution in [2.45, 2.75) is 31.7 Å². The lowest BCUT2D eigenvalue weighted by molar-refractivity contribution is 0.169. The highest BCUT2D eigenvalue weighted by molar-refractivity contribution is 6.32. The first kappa shape index (κ1) is 12.1. The van der Waals surface area contributed by atoms with E-state index in [1.165, 1.54) is 11.1 Å². The van der Waals surface area contributed by atoms with Crippen LogP contribution in [0.25, 0.3) is 0 Å². The minimum atomic E-state index is 0.0654. The number of benzene rings is 1. The largest absolute Gasteiger partial charge is 0.486 e. The van der Waals surface area contributed by atoms with Crippen molar-refractivity contribution in [1.82, 2.24) is 5.32 Å². The van der Waals surface area contributed by atoms with E-state index in [1.54, 1.807) is 0 Å². The van der Waals surface area contributed by atoms with Gasteiger partial charge in [0.1, 0.15) is 13.2 Å². The van der Waals surface area contributed by atoms with E-state index in [0.717, 1.165) is 22.9 Å². The topological polar surface area (TPSA) is 30.5 Å². The van der Waals surface area contributed by atoms with Gasteiger partial charge in [0, 0.05) is 22.7 Å². The number of hydrogen-bond donors (Lipinski definition) is 1. The molecule has 3 nitrogen and oxygen atoms in total. The minimum Gasteiger partial charge on any atom is -0.486 e. The molecule has 4 heteroatoms. The Kier molecular flexibility index (Phi) is 2.72. The van der Waals surface area contributed by atoms with Crippen LogP contribution < -0.4 is 14.8 Å². The molecule has 1 aliphatic carbocycles. The third kappa shape index (κ3) is 1.61. The van der Waals surface area contributed by atoms with E-state index in [2.05, 4.69) is 19.2 Å². The molecule has 1 heterocycles. The minimum absolute atomic E-state index is 0.0654. The number of halogens is 1. The lowest BCUT2D eigenvalue weighted by atomic mass is 9.86. The van der Waals surface area contributed by atoms with Crippen molar-refractivity contribution in [3.63, 3.8) is 0 Å². The predicted molar refractivity (Wildman–Crippen MR) is 71.9 cm³/mol. The Bertz CT molecular complexity index is 499. The number of rotatable bonds is 1. The molecule has 98 valence electrons. The smallest absolute Gasteiger partial charge is 0.166 e. The molecular weight excluding hydrogens is 250 g/mol. The fourth-order valence-corrected chi connectivity index (χ4v) is 3.62. The molecule has 1 aromatic carbocycles. The Morgan fingerprint density at radius 2 is 2.06 bits per heavy atom. The van der Waals surface area contributed by atoms with Gasteiger partial charge in [-0.1, -0.05) is 25.4 Å². The highest BCUT2D eigenvalue weighted by Crippen LogP contribution is 2.54. The molecule has 0 spiro atoms. The second kappa shape index (κ2) is 4.04. The van der Waals surface area contributed by atoms with Gasteiger partial charge in [-0.3, -0.25) is 0 Å². The predicted octanol–water partition coefficient (Wildman–Crippen LogP) is 3.05. The average molecular weight is 268 g/mol. The maximum absolute atomic E-state index is 6.45. The summed E-state index contributed by atoms with van der Waals surface area (Å²) in [6, 6.07) is 2.18. The Labute approximate surface area is 112 Å². The summed E-state index contributed by atoms with van der Waals surface area (Å²) < 4.78 is 11.5. The maximum Gasteiger partial charge on any atom is 0.166 e. The number of nitrogens with one attached hydrogen (secondary N) is 1. The molecule has 0 bridgehead atoms. The number of fused-ring (bicyclic) bond motifs is 3. The van der Waals surface area contributed by atoms with E-state index in [1.807, 2.05) is 13.1 Å². The van der Waals surface area contributed by atoms with Crippen molar-refractivity contribution in [2.24, 2.45) is 0 Å². The van der Waals surface area contributed by atoms with Crippen molar-refractivity contribution < 1.29 is 9.47 Å². The third-order valence-electron chi connectivity index (χ3n) is 3.91. The molecule has 0 amide bonds. The zero-order chi connectivity index (χ0) is 12.9. The van der Waals surface area contributed by atoms with E-state index in [-0.39, 0.29) is 11.5 Å². The normalized spacial score (nSPS) is 23.9. The maximum atomic E-state index is 6.45. The highest BCUT2D eigenvalue weighted by atomic mass is 35.5. The zero-order valence-electron chi connectivity index (χ0n) is 11.0. The zero-order valence-corrected chi connectivity index (χ0v) is 11.7. The van der Waals surface area contributed by atoms with Crippen LogP contribution in [0.15, 0.2) is 6.07 Å². The lowest BCUT2D eigenvalue weighted by Crippen LogP contribution is -2.20. The van der Waals surface area contributed by atoms with Crippen LogP contribution >= 0.6 is 11.6 Å². The first-order valence-corrected chi connectivity index (χ1v) is 6.72. The quantitative estimate of drug-likeness (QED) is 0.848. The summed E-state index contributed by atoms with van der Waals surface area (Å²) in [6.45, 7) is 5.66. The highest BCUT2D eigenvalue weighted by Gasteiger charge is 2.42. The van der Waals surface area contributed by atoms with Crippen LogP contribution in [0.3, 0.4) is 0 Å². The van der Waals surface area contributed by atoms with Crippen LogP contribution in [0, 0.1) is 0 Å². The van der Waals surface area contributed by atoms with Crippen LogP contribution in [0.1, 0.15) is 37.4 Å². The van der Waals surface area contributed by atoms with Gasteiger partial charge in [-0.05, 0) is 24.4 Å². The molecule has 0 radical (unpaired) electrons. The molecule has 0 aromatic heterocycles. The van der Waals surface area contributed by atoms with Crippen molar-refractivity contribution in [2.75, 3.05) is 20.3 Å². The fourth-order valence-electron chi connectivity index (χ4n) is 3.16. The third-order valence-corrected chi connectivity index (χ3v) is 4.21. The van der Waals surface area contributed by atoms with E-state index in [0.29, 0.717) is 13.2 Å². The van der Waals surface area contributed by atoms with Gasteiger partial charge in [0.05, 0.1) is 0 Å². The fraction of sp³-hybridized carbons (Fsp3) is 0.571. The van der Waals surface area contributed by atoms with Gasteiger partial charge in [-0.15, -0.1) is 0 Å². The lowest BCUT2D eigenvalue weighted by Gasteiger charge is -2.25. The monoisotopic (exact) mass is 267 g/mol. The van der Waals surface area contributed by atoms with E-state index >= 15 is 0 Å². The van der Waals surface area contributed by atoms with Gasteiger partial charge in [-0.2, -0.15) is 0 Å². The van der Waals surface area contributed by atoms with Crippen LogP contribution in [0.5, 0.6) is 11.5 Å². The summed E-state index contributed by atoms with van der Waals surface area (Å²) in [5.41, 5.74) is 2.45. The molecule has 1 aromatic rings. The van der Waals surface area contributed by atoms with Crippen LogP contribution in [0.4, 0.5) is 0 Å². The Morgan fingerprint density at radius 1 is 1.33 bits per heavy atom. The second-order valence-corrected chi connectivity index (χ2v) is 6.01. The average Bonchev–Trinajstić information content (AvgIpc) is 2.62. The van der Waals surface area contributed by atoms with E-state index in [9.17, 15) is 0 Å². The standard InChI is InChI=1S/C14H18ClNO2/c1-14(2)7-9(16-3)11-12(14)8(15)6-10-13(11)18-5-4-17-10/h6,9,16H,4-5,7H2,1-3H3. The Hall–Kier alpha value is -0.930. The molecule has 0 saturated carbocycles. The molecule has 1 unspecified atom stereocenters. The van der Waals surface area contributed by atoms with E-state index in [4.69, 9.17) is 21.1 Å². The first-order chi connectivity index (χ1) is 8.54. The first-order valence-electron chi connectivity index (χ1n) is 6.34. The molecular formula is C14H18ClNO2. The summed E-state index contributed by atoms with van der Waals surface area (Å²) in [5, 5.41) is 4.15. The van der Waals surface area contributed by atoms with Gasteiger partial charge < -0.3 is 14.8 Å². The molecule has 0 saturated heterocycles. The van der Waals surface area contributed by atoms with Gasteiger partial charge in [0.2, 0.25) is 0 Å². The van der Waals surface area contributed by atoms with Gasteiger partial charge in [0.25, 0.3) is 0 Å². The summed E-state index contributed by atoms with van der Waals surface area (Å²) in [6.07, 6.45) is 1.03. The van der Waals surface area contributed by atoms with E-state index < -0.39 is 0 Å². The van der Waals surface area contributed by atoms with Crippen LogP contribution in [-0.4, -0.2) is 20.3 Å². The van der Waals surface area contributed by atoms with Gasteiger partial charge in [-0.25, -0.2) is 0 Å². The SMILES string of the molecule is CNC1CC(C)(C)c2c(Cl)cc3c(c21)OCCO3. The number of ether oxygens (including phenoxy) is 2. The van der Waals surface area contributed by atoms with Crippen molar-refractivity contribution in [3.8, 4) is 11.5 Å². The van der Waals surface area contributed by atoms with Gasteiger partial charge in [0.15, 0.2) is 11.5 Å². The molecule has 1 atom stereocenters. The molecule has 3 rings (SSSR count). The summed E-state index contributed by atoms with van der Waals surface area (Å²) in [4.78, 5) is 0. The summed E-state index contributed by atoms with van der Waals surface area (Å²) >= 11 is 6.45. The Balaban J connectivity index is 2.26. The summed E-state index contributed by atoms with van der Waals surface area (Å²) in [5.74, 6) is 1.66.